The number of furan rings is 1. The smallest absolute Gasteiger partial charge is 0.260 e. The van der Waals surface area contributed by atoms with Gasteiger partial charge in [-0.25, -0.2) is 0 Å². The Labute approximate surface area is 129 Å². The lowest BCUT2D eigenvalue weighted by Crippen LogP contribution is -2.13. The molecule has 0 fully saturated rings. The van der Waals surface area contributed by atoms with Crippen LogP contribution in [-0.2, 0) is 0 Å². The summed E-state index contributed by atoms with van der Waals surface area (Å²) in [5.41, 5.74) is 0.915. The van der Waals surface area contributed by atoms with Crippen LogP contribution in [0.1, 0.15) is 21.9 Å². The number of aryl methyl sites for hydroxylation is 2. The van der Waals surface area contributed by atoms with E-state index in [9.17, 15) is 4.79 Å². The fourth-order valence-corrected chi connectivity index (χ4v) is 2.57. The molecule has 1 amide bonds. The van der Waals surface area contributed by atoms with Gasteiger partial charge in [0.1, 0.15) is 11.5 Å². The molecule has 1 N–H and O–H groups in total. The van der Waals surface area contributed by atoms with Gasteiger partial charge in [0.25, 0.3) is 5.91 Å². The van der Waals surface area contributed by atoms with E-state index >= 15 is 0 Å². The minimum Gasteiger partial charge on any atom is -0.465 e. The number of amides is 1. The number of hydrogen-bond donors (Lipinski definition) is 1. The van der Waals surface area contributed by atoms with E-state index in [0.717, 1.165) is 0 Å². The van der Waals surface area contributed by atoms with Crippen molar-refractivity contribution >= 4 is 50.7 Å². The van der Waals surface area contributed by atoms with E-state index < -0.39 is 0 Å². The SMILES string of the molecule is Cc1oc(C)c(C(=O)Nc2cc(Cl)ccc2Cl)c1Br. The Morgan fingerprint density at radius 2 is 1.95 bits per heavy atom. The summed E-state index contributed by atoms with van der Waals surface area (Å²) in [5.74, 6) is 0.894. The van der Waals surface area contributed by atoms with Gasteiger partial charge in [-0.1, -0.05) is 23.2 Å². The zero-order valence-electron chi connectivity index (χ0n) is 10.2. The summed E-state index contributed by atoms with van der Waals surface area (Å²) in [7, 11) is 0. The lowest BCUT2D eigenvalue weighted by atomic mass is 10.2. The highest BCUT2D eigenvalue weighted by atomic mass is 79.9. The summed E-state index contributed by atoms with van der Waals surface area (Å²) >= 11 is 15.2. The fourth-order valence-electron chi connectivity index (χ4n) is 1.69. The molecule has 1 aromatic heterocycles. The van der Waals surface area contributed by atoms with Crippen molar-refractivity contribution in [3.05, 3.63) is 49.8 Å². The van der Waals surface area contributed by atoms with E-state index in [2.05, 4.69) is 21.2 Å². The molecule has 2 rings (SSSR count). The third-order valence-electron chi connectivity index (χ3n) is 2.59. The largest absolute Gasteiger partial charge is 0.465 e. The number of hydrogen-bond acceptors (Lipinski definition) is 2. The predicted octanol–water partition coefficient (Wildman–Crippen LogP) is 5.22. The first-order chi connectivity index (χ1) is 8.90. The van der Waals surface area contributed by atoms with Gasteiger partial charge >= 0.3 is 0 Å². The minimum atomic E-state index is -0.301. The normalized spacial score (nSPS) is 10.6. The summed E-state index contributed by atoms with van der Waals surface area (Å²) in [6.45, 7) is 3.51. The summed E-state index contributed by atoms with van der Waals surface area (Å²) in [4.78, 5) is 12.2. The van der Waals surface area contributed by atoms with Crippen molar-refractivity contribution in [3.8, 4) is 0 Å². The first-order valence-electron chi connectivity index (χ1n) is 5.42. The molecule has 0 aliphatic rings. The highest BCUT2D eigenvalue weighted by Crippen LogP contribution is 2.30. The summed E-state index contributed by atoms with van der Waals surface area (Å²) in [6, 6.07) is 4.88. The molecule has 0 radical (unpaired) electrons. The molecule has 0 aliphatic carbocycles. The highest BCUT2D eigenvalue weighted by Gasteiger charge is 2.20. The molecule has 0 atom stereocenters. The van der Waals surface area contributed by atoms with E-state index in [-0.39, 0.29) is 5.91 Å². The second-order valence-corrected chi connectivity index (χ2v) is 5.62. The molecule has 3 nitrogen and oxygen atoms in total. The lowest BCUT2D eigenvalue weighted by molar-refractivity contribution is 0.102. The maximum Gasteiger partial charge on any atom is 0.260 e. The van der Waals surface area contributed by atoms with E-state index in [0.29, 0.717) is 37.3 Å². The van der Waals surface area contributed by atoms with Crippen LogP contribution in [0.25, 0.3) is 0 Å². The van der Waals surface area contributed by atoms with Crippen LogP contribution in [0.15, 0.2) is 27.1 Å². The maximum atomic E-state index is 12.2. The number of anilines is 1. The van der Waals surface area contributed by atoms with E-state index in [1.54, 1.807) is 32.0 Å². The van der Waals surface area contributed by atoms with Crippen molar-refractivity contribution in [3.63, 3.8) is 0 Å². The number of benzene rings is 1. The average molecular weight is 363 g/mol. The van der Waals surface area contributed by atoms with Gasteiger partial charge < -0.3 is 9.73 Å². The molecule has 0 bridgehead atoms. The quantitative estimate of drug-likeness (QED) is 0.795. The van der Waals surface area contributed by atoms with Crippen molar-refractivity contribution in [1.29, 1.82) is 0 Å². The Balaban J connectivity index is 2.33. The molecular formula is C13H10BrCl2NO2. The van der Waals surface area contributed by atoms with Crippen LogP contribution < -0.4 is 5.32 Å². The lowest BCUT2D eigenvalue weighted by Gasteiger charge is -2.07. The van der Waals surface area contributed by atoms with Crippen LogP contribution in [0.2, 0.25) is 10.0 Å². The fraction of sp³-hybridized carbons (Fsp3) is 0.154. The van der Waals surface area contributed by atoms with Crippen molar-refractivity contribution < 1.29 is 9.21 Å². The standard InChI is InChI=1S/C13H10BrCl2NO2/c1-6-11(12(14)7(2)19-6)13(18)17-10-5-8(15)3-4-9(10)16/h3-5H,1-2H3,(H,17,18). The van der Waals surface area contributed by atoms with E-state index in [4.69, 9.17) is 27.6 Å². The monoisotopic (exact) mass is 361 g/mol. The maximum absolute atomic E-state index is 12.2. The molecule has 2 aromatic rings. The molecule has 0 aliphatic heterocycles. The van der Waals surface area contributed by atoms with Gasteiger partial charge in [0.05, 0.1) is 20.7 Å². The Hall–Kier alpha value is -0.970. The highest BCUT2D eigenvalue weighted by molar-refractivity contribution is 9.10. The van der Waals surface area contributed by atoms with Gasteiger partial charge in [0, 0.05) is 5.02 Å². The molecule has 0 spiro atoms. The van der Waals surface area contributed by atoms with Crippen LogP contribution in [0.5, 0.6) is 0 Å². The van der Waals surface area contributed by atoms with Crippen LogP contribution in [0.4, 0.5) is 5.69 Å². The number of carbonyl (C=O) groups is 1. The van der Waals surface area contributed by atoms with E-state index in [1.807, 2.05) is 0 Å². The van der Waals surface area contributed by atoms with Crippen molar-refractivity contribution in [2.24, 2.45) is 0 Å². The van der Waals surface area contributed by atoms with Gasteiger partial charge in [-0.3, -0.25) is 4.79 Å². The number of rotatable bonds is 2. The van der Waals surface area contributed by atoms with Crippen LogP contribution in [0, 0.1) is 13.8 Å². The number of halogens is 3. The van der Waals surface area contributed by atoms with Gasteiger partial charge in [-0.05, 0) is 48.0 Å². The molecule has 0 unspecified atom stereocenters. The summed E-state index contributed by atoms with van der Waals surface area (Å²) < 4.78 is 6.03. The van der Waals surface area contributed by atoms with Crippen LogP contribution >= 0.6 is 39.1 Å². The molecule has 19 heavy (non-hydrogen) atoms. The molecule has 100 valence electrons. The molecule has 1 heterocycles. The second kappa shape index (κ2) is 5.57. The van der Waals surface area contributed by atoms with Crippen molar-refractivity contribution in [2.45, 2.75) is 13.8 Å². The molecule has 0 saturated heterocycles. The Bertz CT molecular complexity index is 652. The van der Waals surface area contributed by atoms with Crippen molar-refractivity contribution in [1.82, 2.24) is 0 Å². The van der Waals surface area contributed by atoms with Crippen LogP contribution in [-0.4, -0.2) is 5.91 Å². The summed E-state index contributed by atoms with van der Waals surface area (Å²) in [6.07, 6.45) is 0. The van der Waals surface area contributed by atoms with E-state index in [1.165, 1.54) is 0 Å². The Morgan fingerprint density at radius 1 is 1.26 bits per heavy atom. The van der Waals surface area contributed by atoms with Gasteiger partial charge in [0.15, 0.2) is 0 Å². The zero-order valence-corrected chi connectivity index (χ0v) is 13.3. The average Bonchev–Trinajstić information content (AvgIpc) is 2.58. The minimum absolute atomic E-state index is 0.301. The topological polar surface area (TPSA) is 42.2 Å². The van der Waals surface area contributed by atoms with Gasteiger partial charge in [-0.15, -0.1) is 0 Å². The third kappa shape index (κ3) is 2.96. The third-order valence-corrected chi connectivity index (χ3v) is 4.11. The Kier molecular flexibility index (Phi) is 4.23. The molecule has 1 aromatic carbocycles. The first-order valence-corrected chi connectivity index (χ1v) is 6.97. The van der Waals surface area contributed by atoms with Gasteiger partial charge in [-0.2, -0.15) is 0 Å². The Morgan fingerprint density at radius 3 is 2.53 bits per heavy atom. The molecular weight excluding hydrogens is 353 g/mol. The van der Waals surface area contributed by atoms with Gasteiger partial charge in [0.2, 0.25) is 0 Å². The number of nitrogens with one attached hydrogen (secondary N) is 1. The predicted molar refractivity (Wildman–Crippen MR) is 80.3 cm³/mol. The van der Waals surface area contributed by atoms with Crippen molar-refractivity contribution in [2.75, 3.05) is 5.32 Å². The molecule has 0 saturated carbocycles. The second-order valence-electron chi connectivity index (χ2n) is 3.98. The number of carbonyl (C=O) groups excluding carboxylic acids is 1. The summed E-state index contributed by atoms with van der Waals surface area (Å²) in [5, 5.41) is 3.64. The molecule has 6 heteroatoms. The van der Waals surface area contributed by atoms with Crippen LogP contribution in [0.3, 0.4) is 0 Å². The zero-order chi connectivity index (χ0) is 14.2. The first kappa shape index (κ1) is 14.4.